The maximum Gasteiger partial charge on any atom is 0.257 e. The van der Waals surface area contributed by atoms with E-state index in [1.807, 2.05) is 24.3 Å². The number of hydrogen-bond acceptors (Lipinski definition) is 4. The fourth-order valence-electron chi connectivity index (χ4n) is 2.17. The highest BCUT2D eigenvalue weighted by Gasteiger charge is 2.06. The number of nitrogen functional groups attached to an aromatic ring is 1. The van der Waals surface area contributed by atoms with E-state index >= 15 is 0 Å². The number of ether oxygens (including phenoxy) is 2. The highest BCUT2D eigenvalue weighted by atomic mass is 35.5. The summed E-state index contributed by atoms with van der Waals surface area (Å²) in [5.74, 6) is 1.06. The van der Waals surface area contributed by atoms with Crippen molar-refractivity contribution < 1.29 is 14.3 Å². The Balaban J connectivity index is 1.51. The lowest BCUT2D eigenvalue weighted by atomic mass is 10.2. The largest absolute Gasteiger partial charge is 0.494 e. The third-order valence-electron chi connectivity index (χ3n) is 3.54. The molecule has 0 heterocycles. The number of unbranched alkanes of at least 4 members (excludes halogenated alkanes) is 2. The molecule has 140 valence electrons. The normalized spacial score (nSPS) is 10.4. The summed E-state index contributed by atoms with van der Waals surface area (Å²) in [6, 6.07) is 12.2. The SMILES string of the molecule is Nc1ccc(OCCCCCNC(=O)COc2ccc(Cl)cc2Cl)cc1. The van der Waals surface area contributed by atoms with Crippen LogP contribution in [0.2, 0.25) is 10.0 Å². The van der Waals surface area contributed by atoms with Crippen LogP contribution in [0.3, 0.4) is 0 Å². The first kappa shape index (κ1) is 20.2. The van der Waals surface area contributed by atoms with Gasteiger partial charge in [-0.2, -0.15) is 0 Å². The average molecular weight is 397 g/mol. The molecular weight excluding hydrogens is 375 g/mol. The van der Waals surface area contributed by atoms with Crippen molar-refractivity contribution in [2.45, 2.75) is 19.3 Å². The van der Waals surface area contributed by atoms with Gasteiger partial charge in [-0.1, -0.05) is 23.2 Å². The molecule has 0 saturated carbocycles. The van der Waals surface area contributed by atoms with Crippen molar-refractivity contribution in [2.75, 3.05) is 25.5 Å². The van der Waals surface area contributed by atoms with Gasteiger partial charge in [0.25, 0.3) is 5.91 Å². The molecule has 5 nitrogen and oxygen atoms in total. The zero-order chi connectivity index (χ0) is 18.8. The standard InChI is InChI=1S/C19H22Cl2N2O3/c20-14-4-9-18(17(21)12-14)26-13-19(24)23-10-2-1-3-11-25-16-7-5-15(22)6-8-16/h4-9,12H,1-3,10-11,13,22H2,(H,23,24). The van der Waals surface area contributed by atoms with Gasteiger partial charge in [-0.25, -0.2) is 0 Å². The van der Waals surface area contributed by atoms with Gasteiger partial charge < -0.3 is 20.5 Å². The number of carbonyl (C=O) groups excluding carboxylic acids is 1. The number of halogens is 2. The molecule has 0 aliphatic rings. The van der Waals surface area contributed by atoms with Gasteiger partial charge in [0.2, 0.25) is 0 Å². The van der Waals surface area contributed by atoms with E-state index < -0.39 is 0 Å². The molecule has 0 unspecified atom stereocenters. The van der Waals surface area contributed by atoms with E-state index in [2.05, 4.69) is 5.32 Å². The number of benzene rings is 2. The van der Waals surface area contributed by atoms with Crippen LogP contribution in [-0.2, 0) is 4.79 Å². The first-order chi connectivity index (χ1) is 12.5. The molecule has 0 atom stereocenters. The minimum absolute atomic E-state index is 0.0817. The molecule has 0 spiro atoms. The Hall–Kier alpha value is -2.11. The third-order valence-corrected chi connectivity index (χ3v) is 4.08. The molecule has 2 rings (SSSR count). The predicted molar refractivity (Wildman–Crippen MR) is 105 cm³/mol. The molecule has 2 aromatic carbocycles. The summed E-state index contributed by atoms with van der Waals surface area (Å²) in [4.78, 5) is 11.8. The van der Waals surface area contributed by atoms with E-state index in [1.54, 1.807) is 18.2 Å². The Morgan fingerprint density at radius 1 is 1.00 bits per heavy atom. The van der Waals surface area contributed by atoms with Crippen molar-refractivity contribution in [1.29, 1.82) is 0 Å². The van der Waals surface area contributed by atoms with Crippen LogP contribution in [0.4, 0.5) is 5.69 Å². The molecule has 0 fully saturated rings. The van der Waals surface area contributed by atoms with Crippen LogP contribution >= 0.6 is 23.2 Å². The van der Waals surface area contributed by atoms with E-state index in [-0.39, 0.29) is 12.5 Å². The van der Waals surface area contributed by atoms with Crippen molar-refractivity contribution in [2.24, 2.45) is 0 Å². The lowest BCUT2D eigenvalue weighted by Crippen LogP contribution is -2.29. The summed E-state index contributed by atoms with van der Waals surface area (Å²) in [6.07, 6.45) is 2.74. The second-order valence-corrected chi connectivity index (χ2v) is 6.54. The molecule has 2 aromatic rings. The molecule has 0 aromatic heterocycles. The molecule has 1 amide bonds. The van der Waals surface area contributed by atoms with Crippen molar-refractivity contribution in [3.8, 4) is 11.5 Å². The van der Waals surface area contributed by atoms with Crippen LogP contribution in [0.5, 0.6) is 11.5 Å². The predicted octanol–water partition coefficient (Wildman–Crippen LogP) is 4.32. The number of carbonyl (C=O) groups is 1. The van der Waals surface area contributed by atoms with Crippen LogP contribution in [0.25, 0.3) is 0 Å². The molecule has 0 aliphatic carbocycles. The minimum Gasteiger partial charge on any atom is -0.494 e. The van der Waals surface area contributed by atoms with Crippen LogP contribution in [0.15, 0.2) is 42.5 Å². The summed E-state index contributed by atoms with van der Waals surface area (Å²) >= 11 is 11.8. The van der Waals surface area contributed by atoms with Gasteiger partial charge in [-0.3, -0.25) is 4.79 Å². The lowest BCUT2D eigenvalue weighted by Gasteiger charge is -2.09. The molecule has 26 heavy (non-hydrogen) atoms. The van der Waals surface area contributed by atoms with Gasteiger partial charge in [0.15, 0.2) is 6.61 Å². The molecule has 7 heteroatoms. The van der Waals surface area contributed by atoms with Crippen LogP contribution in [-0.4, -0.2) is 25.7 Å². The zero-order valence-electron chi connectivity index (χ0n) is 14.3. The first-order valence-electron chi connectivity index (χ1n) is 8.37. The molecule has 0 saturated heterocycles. The topological polar surface area (TPSA) is 73.6 Å². The van der Waals surface area contributed by atoms with Crippen molar-refractivity contribution in [3.05, 3.63) is 52.5 Å². The smallest absolute Gasteiger partial charge is 0.257 e. The Labute approximate surface area is 163 Å². The Kier molecular flexibility index (Phi) is 8.38. The first-order valence-corrected chi connectivity index (χ1v) is 9.13. The highest BCUT2D eigenvalue weighted by molar-refractivity contribution is 6.35. The zero-order valence-corrected chi connectivity index (χ0v) is 15.9. The molecule has 0 radical (unpaired) electrons. The third kappa shape index (κ3) is 7.42. The Morgan fingerprint density at radius 3 is 2.50 bits per heavy atom. The second kappa shape index (κ2) is 10.8. The summed E-state index contributed by atoms with van der Waals surface area (Å²) in [5.41, 5.74) is 6.34. The highest BCUT2D eigenvalue weighted by Crippen LogP contribution is 2.27. The van der Waals surface area contributed by atoms with Gasteiger partial charge in [-0.15, -0.1) is 0 Å². The van der Waals surface area contributed by atoms with Crippen molar-refractivity contribution >= 4 is 34.8 Å². The quantitative estimate of drug-likeness (QED) is 0.463. The summed E-state index contributed by atoms with van der Waals surface area (Å²) in [7, 11) is 0. The van der Waals surface area contributed by atoms with Gasteiger partial charge in [0.1, 0.15) is 11.5 Å². The maximum absolute atomic E-state index is 11.8. The van der Waals surface area contributed by atoms with E-state index in [9.17, 15) is 4.79 Å². The fraction of sp³-hybridized carbons (Fsp3) is 0.316. The summed E-state index contributed by atoms with van der Waals surface area (Å²) in [5, 5.41) is 3.71. The Morgan fingerprint density at radius 2 is 1.77 bits per heavy atom. The summed E-state index contributed by atoms with van der Waals surface area (Å²) in [6.45, 7) is 1.15. The van der Waals surface area contributed by atoms with Gasteiger partial charge in [-0.05, 0) is 61.7 Å². The van der Waals surface area contributed by atoms with Gasteiger partial charge >= 0.3 is 0 Å². The van der Waals surface area contributed by atoms with Crippen LogP contribution in [0.1, 0.15) is 19.3 Å². The maximum atomic E-state index is 11.8. The minimum atomic E-state index is -0.186. The molecule has 3 N–H and O–H groups in total. The molecule has 0 aliphatic heterocycles. The number of nitrogens with one attached hydrogen (secondary N) is 1. The van der Waals surface area contributed by atoms with E-state index in [0.717, 1.165) is 30.7 Å². The van der Waals surface area contributed by atoms with Crippen LogP contribution < -0.4 is 20.5 Å². The van der Waals surface area contributed by atoms with E-state index in [0.29, 0.717) is 28.9 Å². The fourth-order valence-corrected chi connectivity index (χ4v) is 2.64. The Bertz CT molecular complexity index is 708. The van der Waals surface area contributed by atoms with Crippen molar-refractivity contribution in [1.82, 2.24) is 5.32 Å². The lowest BCUT2D eigenvalue weighted by molar-refractivity contribution is -0.123. The molecule has 0 bridgehead atoms. The summed E-state index contributed by atoms with van der Waals surface area (Å²) < 4.78 is 11.0. The number of rotatable bonds is 10. The van der Waals surface area contributed by atoms with E-state index in [4.69, 9.17) is 38.4 Å². The molecular formula is C19H22Cl2N2O3. The second-order valence-electron chi connectivity index (χ2n) is 5.69. The van der Waals surface area contributed by atoms with Gasteiger partial charge in [0, 0.05) is 17.3 Å². The number of hydrogen-bond donors (Lipinski definition) is 2. The number of amides is 1. The average Bonchev–Trinajstić information content (AvgIpc) is 2.61. The van der Waals surface area contributed by atoms with E-state index in [1.165, 1.54) is 0 Å². The van der Waals surface area contributed by atoms with Gasteiger partial charge in [0.05, 0.1) is 11.6 Å². The van der Waals surface area contributed by atoms with Crippen molar-refractivity contribution in [3.63, 3.8) is 0 Å². The van der Waals surface area contributed by atoms with Crippen LogP contribution in [0, 0.1) is 0 Å². The number of anilines is 1. The monoisotopic (exact) mass is 396 g/mol. The number of nitrogens with two attached hydrogens (primary N) is 1.